The lowest BCUT2D eigenvalue weighted by molar-refractivity contribution is -0.110. The molecule has 0 fully saturated rings. The molecule has 18 heavy (non-hydrogen) atoms. The minimum atomic E-state index is -0.442. The second-order valence-electron chi connectivity index (χ2n) is 3.81. The molecular formula is C15H9NO2. The molecule has 0 unspecified atom stereocenters. The second kappa shape index (κ2) is 4.64. The lowest BCUT2D eigenvalue weighted by atomic mass is 9.92. The molecular weight excluding hydrogens is 226 g/mol. The van der Waals surface area contributed by atoms with E-state index in [1.807, 2.05) is 30.3 Å². The Morgan fingerprint density at radius 1 is 0.889 bits per heavy atom. The summed E-state index contributed by atoms with van der Waals surface area (Å²) in [5, 5.41) is 8.56. The Kier molecular flexibility index (Phi) is 3.03. The normalized spacial score (nSPS) is 12.8. The highest BCUT2D eigenvalue weighted by molar-refractivity contribution is 6.50. The van der Waals surface area contributed by atoms with Gasteiger partial charge in [-0.2, -0.15) is 0 Å². The van der Waals surface area contributed by atoms with Gasteiger partial charge in [-0.15, -0.1) is 0 Å². The fraction of sp³-hybridized carbons (Fsp3) is 0. The van der Waals surface area contributed by atoms with Crippen molar-refractivity contribution >= 4 is 28.4 Å². The standard InChI is InChI=1S/C14H8O2.CHN/c15-13-6-5-11-7-9-3-1-2-4-10(9)8-12(11)14(13)16;1-2/h1-8H;1H. The van der Waals surface area contributed by atoms with E-state index in [4.69, 9.17) is 5.26 Å². The number of allylic oxidation sites excluding steroid dienone is 1. The van der Waals surface area contributed by atoms with Gasteiger partial charge >= 0.3 is 0 Å². The lowest BCUT2D eigenvalue weighted by Crippen LogP contribution is -2.15. The van der Waals surface area contributed by atoms with Crippen LogP contribution >= 0.6 is 0 Å². The van der Waals surface area contributed by atoms with Gasteiger partial charge in [0.2, 0.25) is 11.6 Å². The summed E-state index contributed by atoms with van der Waals surface area (Å²) in [5.41, 5.74) is 1.33. The van der Waals surface area contributed by atoms with E-state index < -0.39 is 11.6 Å². The van der Waals surface area contributed by atoms with Gasteiger partial charge in [-0.1, -0.05) is 30.3 Å². The summed E-state index contributed by atoms with van der Waals surface area (Å²) < 4.78 is 0. The largest absolute Gasteiger partial charge is 0.286 e. The number of hydrogen-bond acceptors (Lipinski definition) is 3. The van der Waals surface area contributed by atoms with Gasteiger partial charge in [0.1, 0.15) is 0 Å². The van der Waals surface area contributed by atoms with Crippen molar-refractivity contribution in [3.63, 3.8) is 0 Å². The number of rotatable bonds is 0. The van der Waals surface area contributed by atoms with E-state index in [1.165, 1.54) is 6.08 Å². The third-order valence-electron chi connectivity index (χ3n) is 2.80. The van der Waals surface area contributed by atoms with Gasteiger partial charge < -0.3 is 0 Å². The molecule has 2 aromatic rings. The molecule has 0 amide bonds. The molecule has 3 rings (SSSR count). The van der Waals surface area contributed by atoms with Crippen LogP contribution in [0.1, 0.15) is 15.9 Å². The van der Waals surface area contributed by atoms with E-state index in [2.05, 4.69) is 6.57 Å². The average molecular weight is 235 g/mol. The van der Waals surface area contributed by atoms with Crippen LogP contribution in [0.3, 0.4) is 0 Å². The Morgan fingerprint density at radius 2 is 1.50 bits per heavy atom. The quantitative estimate of drug-likeness (QED) is 0.660. The summed E-state index contributed by atoms with van der Waals surface area (Å²) in [4.78, 5) is 22.9. The smallest absolute Gasteiger partial charge is 0.233 e. The Labute approximate surface area is 104 Å². The molecule has 0 N–H and O–H groups in total. The van der Waals surface area contributed by atoms with E-state index >= 15 is 0 Å². The summed E-state index contributed by atoms with van der Waals surface area (Å²) in [6.45, 7) is 3.50. The number of nitrogens with zero attached hydrogens (tertiary/aromatic N) is 1. The maximum Gasteiger partial charge on any atom is 0.233 e. The Morgan fingerprint density at radius 3 is 2.17 bits per heavy atom. The highest BCUT2D eigenvalue weighted by Crippen LogP contribution is 2.24. The Bertz CT molecular complexity index is 696. The number of carbonyl (C=O) groups excluding carboxylic acids is 2. The van der Waals surface area contributed by atoms with Crippen LogP contribution in [0.25, 0.3) is 16.8 Å². The lowest BCUT2D eigenvalue weighted by Gasteiger charge is -2.09. The van der Waals surface area contributed by atoms with Crippen LogP contribution in [0, 0.1) is 11.8 Å². The predicted molar refractivity (Wildman–Crippen MR) is 69.0 cm³/mol. The molecule has 3 heteroatoms. The average Bonchev–Trinajstić information content (AvgIpc) is 2.44. The summed E-state index contributed by atoms with van der Waals surface area (Å²) in [6.07, 6.45) is 3.03. The van der Waals surface area contributed by atoms with Crippen molar-refractivity contribution < 1.29 is 9.59 Å². The van der Waals surface area contributed by atoms with Crippen molar-refractivity contribution in [2.45, 2.75) is 0 Å². The first-order valence-corrected chi connectivity index (χ1v) is 5.31. The van der Waals surface area contributed by atoms with Gasteiger partial charge in [0, 0.05) is 12.1 Å². The first-order valence-electron chi connectivity index (χ1n) is 5.31. The van der Waals surface area contributed by atoms with Crippen molar-refractivity contribution in [2.24, 2.45) is 0 Å². The molecule has 0 radical (unpaired) electrons. The van der Waals surface area contributed by atoms with Crippen LogP contribution in [0.5, 0.6) is 0 Å². The molecule has 0 heterocycles. The zero-order valence-electron chi connectivity index (χ0n) is 9.46. The van der Waals surface area contributed by atoms with E-state index in [0.29, 0.717) is 5.56 Å². The molecule has 0 saturated heterocycles. The maximum atomic E-state index is 11.7. The van der Waals surface area contributed by atoms with Gasteiger partial charge in [-0.05, 0) is 34.5 Å². The first kappa shape index (κ1) is 11.7. The van der Waals surface area contributed by atoms with Gasteiger partial charge in [0.05, 0.1) is 0 Å². The monoisotopic (exact) mass is 235 g/mol. The number of nitriles is 1. The second-order valence-corrected chi connectivity index (χ2v) is 3.81. The predicted octanol–water partition coefficient (Wildman–Crippen LogP) is 2.76. The summed E-state index contributed by atoms with van der Waals surface area (Å²) in [7, 11) is 0. The van der Waals surface area contributed by atoms with E-state index in [1.54, 1.807) is 12.1 Å². The van der Waals surface area contributed by atoms with Gasteiger partial charge in [-0.25, -0.2) is 5.26 Å². The van der Waals surface area contributed by atoms with Crippen LogP contribution in [0.2, 0.25) is 0 Å². The molecule has 86 valence electrons. The number of fused-ring (bicyclic) bond motifs is 2. The molecule has 0 bridgehead atoms. The highest BCUT2D eigenvalue weighted by Gasteiger charge is 2.20. The molecule has 0 aromatic heterocycles. The number of hydrogen-bond donors (Lipinski definition) is 0. The van der Waals surface area contributed by atoms with Crippen LogP contribution in [0.4, 0.5) is 0 Å². The van der Waals surface area contributed by atoms with Crippen molar-refractivity contribution in [1.29, 1.82) is 5.26 Å². The topological polar surface area (TPSA) is 57.9 Å². The van der Waals surface area contributed by atoms with Crippen LogP contribution in [-0.4, -0.2) is 11.6 Å². The SMILES string of the molecule is C#N.O=C1C=Cc2cc3ccccc3cc2C1=O. The minimum Gasteiger partial charge on any atom is -0.286 e. The maximum absolute atomic E-state index is 11.7. The fourth-order valence-corrected chi connectivity index (χ4v) is 1.97. The minimum absolute atomic E-state index is 0.414. The van der Waals surface area contributed by atoms with Crippen molar-refractivity contribution in [3.05, 3.63) is 53.6 Å². The Hall–Kier alpha value is -2.73. The van der Waals surface area contributed by atoms with Crippen molar-refractivity contribution in [3.8, 4) is 6.57 Å². The van der Waals surface area contributed by atoms with Gasteiger partial charge in [-0.3, -0.25) is 9.59 Å². The molecule has 0 atom stereocenters. The fourth-order valence-electron chi connectivity index (χ4n) is 1.97. The van der Waals surface area contributed by atoms with E-state index in [9.17, 15) is 9.59 Å². The third-order valence-corrected chi connectivity index (χ3v) is 2.80. The van der Waals surface area contributed by atoms with Crippen LogP contribution in [0.15, 0.2) is 42.5 Å². The van der Waals surface area contributed by atoms with Crippen molar-refractivity contribution in [2.75, 3.05) is 0 Å². The number of ketones is 2. The molecule has 1 aliphatic rings. The molecule has 0 aliphatic heterocycles. The number of benzene rings is 2. The summed E-state index contributed by atoms with van der Waals surface area (Å²) in [6, 6.07) is 11.5. The third kappa shape index (κ3) is 1.80. The number of carbonyl (C=O) groups is 2. The van der Waals surface area contributed by atoms with Gasteiger partial charge in [0.15, 0.2) is 0 Å². The van der Waals surface area contributed by atoms with Crippen LogP contribution in [-0.2, 0) is 4.79 Å². The van der Waals surface area contributed by atoms with Crippen LogP contribution < -0.4 is 0 Å². The molecule has 3 nitrogen and oxygen atoms in total. The highest BCUT2D eigenvalue weighted by atomic mass is 16.2. The zero-order chi connectivity index (χ0) is 13.1. The van der Waals surface area contributed by atoms with E-state index in [0.717, 1.165) is 16.3 Å². The summed E-state index contributed by atoms with van der Waals surface area (Å²) >= 11 is 0. The Balaban J connectivity index is 0.000000574. The first-order chi connectivity index (χ1) is 8.75. The molecule has 1 aliphatic carbocycles. The summed E-state index contributed by atoms with van der Waals surface area (Å²) in [5.74, 6) is -0.856. The van der Waals surface area contributed by atoms with Gasteiger partial charge in [0.25, 0.3) is 0 Å². The van der Waals surface area contributed by atoms with Crippen molar-refractivity contribution in [1.82, 2.24) is 0 Å². The molecule has 2 aromatic carbocycles. The molecule has 0 saturated carbocycles. The van der Waals surface area contributed by atoms with E-state index in [-0.39, 0.29) is 0 Å². The number of Topliss-reactive ketones (excluding diaryl/α,β-unsaturated/α-hetero) is 1. The molecule has 0 spiro atoms. The zero-order valence-corrected chi connectivity index (χ0v) is 9.46.